The van der Waals surface area contributed by atoms with Gasteiger partial charge < -0.3 is 32.1 Å². The predicted octanol–water partition coefficient (Wildman–Crippen LogP) is -3.12. The van der Waals surface area contributed by atoms with E-state index >= 15 is 0 Å². The van der Waals surface area contributed by atoms with Gasteiger partial charge in [-0.05, 0) is 0 Å². The van der Waals surface area contributed by atoms with Crippen LogP contribution >= 0.6 is 0 Å². The first-order chi connectivity index (χ1) is 3.46. The molecule has 0 rings (SSSR count). The summed E-state index contributed by atoms with van der Waals surface area (Å²) in [5.41, 5.74) is 0. The minimum atomic E-state index is -0.833. The van der Waals surface area contributed by atoms with Crippen LogP contribution in [0.1, 0.15) is 13.8 Å². The van der Waals surface area contributed by atoms with Crippen molar-refractivity contribution >= 4 is 11.9 Å². The number of carboxylic acid groups (broad SMARTS) is 2. The molecular weight excluding hydrogens is 354 g/mol. The summed E-state index contributed by atoms with van der Waals surface area (Å²) in [6, 6.07) is 0. The minimum absolute atomic E-state index is 0. The second-order valence-electron chi connectivity index (χ2n) is 1.04. The third-order valence-electron chi connectivity index (χ3n) is 0. The van der Waals surface area contributed by atoms with Gasteiger partial charge >= 0.3 is 0 Å². The van der Waals surface area contributed by atoms with Crippen LogP contribution in [0.25, 0.3) is 0 Å². The fourth-order valence-electron chi connectivity index (χ4n) is 0. The van der Waals surface area contributed by atoms with E-state index in [0.29, 0.717) is 0 Å². The molecule has 0 heterocycles. The van der Waals surface area contributed by atoms with Crippen LogP contribution in [-0.2, 0) is 75.0 Å². The first kappa shape index (κ1) is 60.1. The van der Waals surface area contributed by atoms with Crippen molar-refractivity contribution in [3.8, 4) is 0 Å². The molecule has 0 fully saturated rings. The molecule has 0 aliphatic heterocycles. The molecule has 14 heavy (non-hydrogen) atoms. The van der Waals surface area contributed by atoms with E-state index in [4.69, 9.17) is 19.8 Å². The molecule has 0 aromatic carbocycles. The Hall–Kier alpha value is 0.988. The zero-order valence-corrected chi connectivity index (χ0v) is 13.5. The Kier molecular flexibility index (Phi) is 207. The van der Waals surface area contributed by atoms with Gasteiger partial charge in [0.15, 0.2) is 0 Å². The maximum Gasteiger partial charge on any atom is 0.300 e. The smallest absolute Gasteiger partial charge is 0.300 e. The van der Waals surface area contributed by atoms with Gasteiger partial charge in [0.1, 0.15) is 0 Å². The largest absolute Gasteiger partial charge is 0.481 e. The number of rotatable bonds is 0. The Bertz CT molecular complexity index is 77.3. The van der Waals surface area contributed by atoms with Crippen LogP contribution in [0, 0.1) is 0 Å². The third-order valence-corrected chi connectivity index (χ3v) is 0. The van der Waals surface area contributed by atoms with Crippen molar-refractivity contribution in [2.45, 2.75) is 13.8 Å². The number of hydrogen-bond acceptors (Lipinski definition) is 2. The van der Waals surface area contributed by atoms with Crippen LogP contribution < -0.4 is 0 Å². The molecule has 0 aliphatic carbocycles. The normalized spacial score (nSPS) is 3.57. The van der Waals surface area contributed by atoms with E-state index in [9.17, 15) is 0 Å². The average molecular weight is 370 g/mol. The Morgan fingerprint density at radius 1 is 0.714 bits per heavy atom. The van der Waals surface area contributed by atoms with E-state index in [2.05, 4.69) is 0 Å². The maximum atomic E-state index is 9.00. The summed E-state index contributed by atoms with van der Waals surface area (Å²) >= 11 is 0. The van der Waals surface area contributed by atoms with Gasteiger partial charge in [-0.15, -0.1) is 0 Å². The second-order valence-corrected chi connectivity index (χ2v) is 1.04. The Labute approximate surface area is 131 Å². The van der Waals surface area contributed by atoms with Gasteiger partial charge in [-0.1, -0.05) is 0 Å². The quantitative estimate of drug-likeness (QED) is 0.454. The minimum Gasteiger partial charge on any atom is -0.481 e. The van der Waals surface area contributed by atoms with Gasteiger partial charge in [-0.3, -0.25) is 9.59 Å². The molecular formula is C4H16O8Y2. The van der Waals surface area contributed by atoms with Crippen molar-refractivity contribution in [2.75, 3.05) is 0 Å². The van der Waals surface area contributed by atoms with Gasteiger partial charge in [0.05, 0.1) is 0 Å². The molecule has 0 saturated heterocycles. The van der Waals surface area contributed by atoms with Crippen molar-refractivity contribution < 1.29 is 107 Å². The van der Waals surface area contributed by atoms with E-state index in [-0.39, 0.29) is 87.3 Å². The maximum absolute atomic E-state index is 9.00. The molecule has 0 bridgehead atoms. The molecule has 8 nitrogen and oxygen atoms in total. The van der Waals surface area contributed by atoms with Crippen molar-refractivity contribution in [2.24, 2.45) is 0 Å². The molecule has 0 spiro atoms. The van der Waals surface area contributed by atoms with E-state index in [1.54, 1.807) is 0 Å². The van der Waals surface area contributed by atoms with Crippen LogP contribution in [0.2, 0.25) is 0 Å². The van der Waals surface area contributed by atoms with Crippen LogP contribution in [0.4, 0.5) is 0 Å². The average Bonchev–Trinajstić information content (AvgIpc) is 1.25. The van der Waals surface area contributed by atoms with Crippen molar-refractivity contribution in [3.63, 3.8) is 0 Å². The first-order valence-corrected chi connectivity index (χ1v) is 1.86. The van der Waals surface area contributed by atoms with E-state index < -0.39 is 11.9 Å². The molecule has 0 aliphatic rings. The van der Waals surface area contributed by atoms with Gasteiger partial charge in [0.25, 0.3) is 11.9 Å². The summed E-state index contributed by atoms with van der Waals surface area (Å²) in [4.78, 5) is 18.0. The summed E-state index contributed by atoms with van der Waals surface area (Å²) < 4.78 is 0. The number of hydrogen-bond donors (Lipinski definition) is 2. The molecule has 10 N–H and O–H groups in total. The molecule has 0 atom stereocenters. The van der Waals surface area contributed by atoms with Gasteiger partial charge in [0.2, 0.25) is 0 Å². The van der Waals surface area contributed by atoms with E-state index in [0.717, 1.165) is 13.8 Å². The molecule has 0 aromatic heterocycles. The van der Waals surface area contributed by atoms with Gasteiger partial charge in [0, 0.05) is 79.3 Å². The predicted molar refractivity (Wildman–Crippen MR) is 41.1 cm³/mol. The first-order valence-electron chi connectivity index (χ1n) is 1.86. The SMILES string of the molecule is CC(=O)O.CC(=O)O.O.O.O.O.[Y].[Y]. The fourth-order valence-corrected chi connectivity index (χ4v) is 0. The van der Waals surface area contributed by atoms with Gasteiger partial charge in [-0.2, -0.15) is 0 Å². The summed E-state index contributed by atoms with van der Waals surface area (Å²) in [6.45, 7) is 2.17. The Morgan fingerprint density at radius 2 is 0.714 bits per heavy atom. The van der Waals surface area contributed by atoms with Crippen LogP contribution in [-0.4, -0.2) is 44.1 Å². The fraction of sp³-hybridized carbons (Fsp3) is 0.500. The Morgan fingerprint density at radius 3 is 0.714 bits per heavy atom. The number of aliphatic carboxylic acids is 2. The van der Waals surface area contributed by atoms with Crippen LogP contribution in [0.15, 0.2) is 0 Å². The zero-order chi connectivity index (χ0) is 7.15. The third kappa shape index (κ3) is 1910. The van der Waals surface area contributed by atoms with Crippen molar-refractivity contribution in [3.05, 3.63) is 0 Å². The molecule has 86 valence electrons. The van der Waals surface area contributed by atoms with E-state index in [1.165, 1.54) is 0 Å². The molecule has 0 unspecified atom stereocenters. The molecule has 0 aromatic rings. The topological polar surface area (TPSA) is 201 Å². The van der Waals surface area contributed by atoms with Crippen LogP contribution in [0.3, 0.4) is 0 Å². The Balaban J connectivity index is -0.00000000600. The summed E-state index contributed by atoms with van der Waals surface area (Å²) in [5.74, 6) is -1.67. The summed E-state index contributed by atoms with van der Waals surface area (Å²) in [7, 11) is 0. The standard InChI is InChI=1S/2C2H4O2.4H2O.2Y/c2*1-2(3)4;;;;;;/h2*1H3,(H,3,4);4*1H2;;. The van der Waals surface area contributed by atoms with Crippen LogP contribution in [0.5, 0.6) is 0 Å². The molecule has 2 radical (unpaired) electrons. The molecule has 0 saturated carbocycles. The number of carbonyl (C=O) groups is 2. The van der Waals surface area contributed by atoms with Crippen molar-refractivity contribution in [1.29, 1.82) is 0 Å². The summed E-state index contributed by atoms with van der Waals surface area (Å²) in [5, 5.41) is 14.8. The molecule has 0 amide bonds. The number of carboxylic acids is 2. The second kappa shape index (κ2) is 48.3. The van der Waals surface area contributed by atoms with Gasteiger partial charge in [-0.25, -0.2) is 0 Å². The monoisotopic (exact) mass is 370 g/mol. The zero-order valence-electron chi connectivity index (χ0n) is 7.87. The molecule has 10 heteroatoms. The van der Waals surface area contributed by atoms with E-state index in [1.807, 2.05) is 0 Å². The van der Waals surface area contributed by atoms with Crippen molar-refractivity contribution in [1.82, 2.24) is 0 Å². The summed E-state index contributed by atoms with van der Waals surface area (Å²) in [6.07, 6.45) is 0.